The molecule has 1 rings (SSSR count). The van der Waals surface area contributed by atoms with E-state index in [2.05, 4.69) is 20.7 Å². The van der Waals surface area contributed by atoms with Gasteiger partial charge in [0, 0.05) is 4.83 Å². The Balaban J connectivity index is 2.54. The number of rotatable bonds is 4. The molecule has 0 heterocycles. The van der Waals surface area contributed by atoms with Crippen molar-refractivity contribution in [2.75, 3.05) is 0 Å². The van der Waals surface area contributed by atoms with Crippen LogP contribution in [0.2, 0.25) is 0 Å². The molecular weight excluding hydrogens is 285 g/mol. The number of benzene rings is 1. The van der Waals surface area contributed by atoms with Gasteiger partial charge in [-0.2, -0.15) is 0 Å². The van der Waals surface area contributed by atoms with Gasteiger partial charge >= 0.3 is 6.36 Å². The first kappa shape index (κ1) is 13.4. The third-order valence-electron chi connectivity index (χ3n) is 1.99. The van der Waals surface area contributed by atoms with Crippen molar-refractivity contribution < 1.29 is 17.9 Å². The summed E-state index contributed by atoms with van der Waals surface area (Å²) in [6.07, 6.45) is -2.84. The van der Waals surface area contributed by atoms with E-state index in [1.165, 1.54) is 12.1 Å². The summed E-state index contributed by atoms with van der Waals surface area (Å²) in [5.41, 5.74) is 1.00. The molecule has 0 N–H and O–H groups in total. The Hall–Kier alpha value is -0.710. The molecule has 0 spiro atoms. The van der Waals surface area contributed by atoms with Crippen molar-refractivity contribution in [3.05, 3.63) is 29.8 Å². The number of hydrogen-bond donors (Lipinski definition) is 0. The Morgan fingerprint density at radius 3 is 2.25 bits per heavy atom. The maximum atomic E-state index is 11.9. The van der Waals surface area contributed by atoms with Crippen molar-refractivity contribution in [2.45, 2.75) is 31.0 Å². The highest BCUT2D eigenvalue weighted by Gasteiger charge is 2.30. The highest BCUT2D eigenvalue weighted by Crippen LogP contribution is 2.23. The van der Waals surface area contributed by atoms with Gasteiger partial charge in [0.05, 0.1) is 0 Å². The van der Waals surface area contributed by atoms with Crippen LogP contribution in [0.25, 0.3) is 0 Å². The first-order valence-electron chi connectivity index (χ1n) is 4.85. The number of aryl methyl sites for hydroxylation is 1. The van der Waals surface area contributed by atoms with E-state index in [4.69, 9.17) is 0 Å². The van der Waals surface area contributed by atoms with Crippen LogP contribution in [0.3, 0.4) is 0 Å². The maximum absolute atomic E-state index is 11.9. The van der Waals surface area contributed by atoms with E-state index in [9.17, 15) is 13.2 Å². The van der Waals surface area contributed by atoms with E-state index in [0.717, 1.165) is 18.4 Å². The smallest absolute Gasteiger partial charge is 0.406 e. The minimum Gasteiger partial charge on any atom is -0.406 e. The molecule has 1 nitrogen and oxygen atoms in total. The summed E-state index contributed by atoms with van der Waals surface area (Å²) < 4.78 is 39.4. The molecule has 0 bridgehead atoms. The lowest BCUT2D eigenvalue weighted by Crippen LogP contribution is -2.17. The van der Waals surface area contributed by atoms with Crippen molar-refractivity contribution in [1.29, 1.82) is 0 Å². The molecule has 1 atom stereocenters. The van der Waals surface area contributed by atoms with Gasteiger partial charge < -0.3 is 4.74 Å². The molecule has 0 aliphatic carbocycles. The lowest BCUT2D eigenvalue weighted by Gasteiger charge is -2.09. The van der Waals surface area contributed by atoms with E-state index in [-0.39, 0.29) is 5.75 Å². The SMILES string of the molecule is CC(Br)CCc1ccc(OC(F)(F)F)cc1. The average Bonchev–Trinajstić information content (AvgIpc) is 2.14. The van der Waals surface area contributed by atoms with Crippen LogP contribution in [-0.2, 0) is 6.42 Å². The zero-order valence-electron chi connectivity index (χ0n) is 8.72. The predicted molar refractivity (Wildman–Crippen MR) is 59.8 cm³/mol. The van der Waals surface area contributed by atoms with Crippen molar-refractivity contribution >= 4 is 15.9 Å². The molecule has 90 valence electrons. The molecule has 0 aliphatic rings. The van der Waals surface area contributed by atoms with Crippen LogP contribution in [-0.4, -0.2) is 11.2 Å². The fourth-order valence-electron chi connectivity index (χ4n) is 1.22. The standard InChI is InChI=1S/C11H12BrF3O/c1-8(12)2-3-9-4-6-10(7-5-9)16-11(13,14)15/h4-8H,2-3H2,1H3. The van der Waals surface area contributed by atoms with E-state index in [0.29, 0.717) is 4.83 Å². The largest absolute Gasteiger partial charge is 0.573 e. The Kier molecular flexibility index (Phi) is 4.65. The quantitative estimate of drug-likeness (QED) is 0.753. The first-order valence-corrected chi connectivity index (χ1v) is 5.77. The minimum absolute atomic E-state index is 0.178. The van der Waals surface area contributed by atoms with Crippen LogP contribution < -0.4 is 4.74 Å². The Morgan fingerprint density at radius 1 is 1.25 bits per heavy atom. The lowest BCUT2D eigenvalue weighted by molar-refractivity contribution is -0.274. The minimum atomic E-state index is -4.62. The summed E-state index contributed by atoms with van der Waals surface area (Å²) in [6.45, 7) is 2.03. The van der Waals surface area contributed by atoms with E-state index in [1.54, 1.807) is 12.1 Å². The molecule has 0 radical (unpaired) electrons. The molecule has 0 saturated carbocycles. The fourth-order valence-corrected chi connectivity index (χ4v) is 1.45. The van der Waals surface area contributed by atoms with Gasteiger partial charge in [-0.1, -0.05) is 35.0 Å². The molecular formula is C11H12BrF3O. The van der Waals surface area contributed by atoms with Crippen molar-refractivity contribution in [1.82, 2.24) is 0 Å². The van der Waals surface area contributed by atoms with Gasteiger partial charge in [-0.15, -0.1) is 13.2 Å². The van der Waals surface area contributed by atoms with Gasteiger partial charge in [0.25, 0.3) is 0 Å². The summed E-state index contributed by atoms with van der Waals surface area (Å²) in [7, 11) is 0. The van der Waals surface area contributed by atoms with E-state index < -0.39 is 6.36 Å². The normalized spacial score (nSPS) is 13.6. The second-order valence-corrected chi connectivity index (χ2v) is 5.07. The van der Waals surface area contributed by atoms with Crippen LogP contribution >= 0.6 is 15.9 Å². The molecule has 0 amide bonds. The topological polar surface area (TPSA) is 9.23 Å². The van der Waals surface area contributed by atoms with Gasteiger partial charge in [-0.25, -0.2) is 0 Å². The number of ether oxygens (including phenoxy) is 1. The highest BCUT2D eigenvalue weighted by atomic mass is 79.9. The van der Waals surface area contributed by atoms with Gasteiger partial charge in [0.2, 0.25) is 0 Å². The van der Waals surface area contributed by atoms with Crippen LogP contribution in [0.5, 0.6) is 5.75 Å². The molecule has 16 heavy (non-hydrogen) atoms. The van der Waals surface area contributed by atoms with Gasteiger partial charge in [-0.05, 0) is 30.5 Å². The number of hydrogen-bond acceptors (Lipinski definition) is 1. The van der Waals surface area contributed by atoms with Gasteiger partial charge in [0.1, 0.15) is 5.75 Å². The molecule has 0 saturated heterocycles. The zero-order valence-corrected chi connectivity index (χ0v) is 10.3. The predicted octanol–water partition coefficient (Wildman–Crippen LogP) is 4.30. The van der Waals surface area contributed by atoms with Crippen LogP contribution in [0.15, 0.2) is 24.3 Å². The second-order valence-electron chi connectivity index (χ2n) is 3.51. The monoisotopic (exact) mass is 296 g/mol. The highest BCUT2D eigenvalue weighted by molar-refractivity contribution is 9.09. The molecule has 0 fully saturated rings. The summed E-state index contributed by atoms with van der Waals surface area (Å²) in [6, 6.07) is 5.97. The Labute approximate surface area is 101 Å². The Morgan fingerprint density at radius 2 is 1.81 bits per heavy atom. The van der Waals surface area contributed by atoms with Crippen LogP contribution in [0.1, 0.15) is 18.9 Å². The lowest BCUT2D eigenvalue weighted by atomic mass is 10.1. The van der Waals surface area contributed by atoms with Crippen molar-refractivity contribution in [3.63, 3.8) is 0 Å². The molecule has 0 aliphatic heterocycles. The molecule has 1 unspecified atom stereocenters. The molecule has 1 aromatic carbocycles. The van der Waals surface area contributed by atoms with Crippen LogP contribution in [0.4, 0.5) is 13.2 Å². The summed E-state index contributed by atoms with van der Waals surface area (Å²) >= 11 is 3.41. The van der Waals surface area contributed by atoms with Gasteiger partial charge in [-0.3, -0.25) is 0 Å². The zero-order chi connectivity index (χ0) is 12.2. The Bertz CT molecular complexity index is 319. The number of alkyl halides is 4. The summed E-state index contributed by atoms with van der Waals surface area (Å²) in [5.74, 6) is -0.178. The first-order chi connectivity index (χ1) is 7.37. The molecule has 0 aromatic heterocycles. The van der Waals surface area contributed by atoms with Crippen molar-refractivity contribution in [3.8, 4) is 5.75 Å². The van der Waals surface area contributed by atoms with Crippen LogP contribution in [0, 0.1) is 0 Å². The van der Waals surface area contributed by atoms with Gasteiger partial charge in [0.15, 0.2) is 0 Å². The molecule has 1 aromatic rings. The van der Waals surface area contributed by atoms with E-state index >= 15 is 0 Å². The fraction of sp³-hybridized carbons (Fsp3) is 0.455. The average molecular weight is 297 g/mol. The molecule has 5 heteroatoms. The second kappa shape index (κ2) is 5.57. The van der Waals surface area contributed by atoms with Crippen molar-refractivity contribution in [2.24, 2.45) is 0 Å². The third kappa shape index (κ3) is 5.39. The number of halogens is 4. The summed E-state index contributed by atoms with van der Waals surface area (Å²) in [5, 5.41) is 0. The van der Waals surface area contributed by atoms with E-state index in [1.807, 2.05) is 6.92 Å². The maximum Gasteiger partial charge on any atom is 0.573 e. The summed E-state index contributed by atoms with van der Waals surface area (Å²) in [4.78, 5) is 0.401. The third-order valence-corrected chi connectivity index (χ3v) is 2.45.